The number of carbonyl (C=O) groups is 1. The lowest BCUT2D eigenvalue weighted by atomic mass is 10.1. The van der Waals surface area contributed by atoms with E-state index in [1.165, 1.54) is 0 Å². The number of pyridine rings is 1. The third kappa shape index (κ3) is 3.92. The number of anilines is 1. The summed E-state index contributed by atoms with van der Waals surface area (Å²) < 4.78 is 5.12. The summed E-state index contributed by atoms with van der Waals surface area (Å²) in [5.41, 5.74) is 4.15. The van der Waals surface area contributed by atoms with E-state index < -0.39 is 0 Å². The van der Waals surface area contributed by atoms with Crippen LogP contribution in [-0.2, 0) is 0 Å². The number of amides is 1. The summed E-state index contributed by atoms with van der Waals surface area (Å²) in [5.74, 6) is 0.544. The molecule has 0 saturated heterocycles. The maximum Gasteiger partial charge on any atom is 0.255 e. The van der Waals surface area contributed by atoms with Gasteiger partial charge >= 0.3 is 0 Å². The molecule has 5 nitrogen and oxygen atoms in total. The average Bonchev–Trinajstić information content (AvgIpc) is 3.25. The Morgan fingerprint density at radius 1 is 1.00 bits per heavy atom. The summed E-state index contributed by atoms with van der Waals surface area (Å²) in [6.07, 6.45) is 3.51. The van der Waals surface area contributed by atoms with Crippen molar-refractivity contribution in [1.82, 2.24) is 9.97 Å². The van der Waals surface area contributed by atoms with Gasteiger partial charge in [0.05, 0.1) is 12.8 Å². The summed E-state index contributed by atoms with van der Waals surface area (Å²) in [7, 11) is 1.60. The second-order valence-electron chi connectivity index (χ2n) is 6.04. The van der Waals surface area contributed by atoms with Gasteiger partial charge in [-0.05, 0) is 48.5 Å². The second-order valence-corrected chi connectivity index (χ2v) is 6.90. The number of methoxy groups -OCH3 is 1. The minimum absolute atomic E-state index is 0.171. The van der Waals surface area contributed by atoms with Crippen LogP contribution in [0.2, 0.25) is 0 Å². The molecule has 0 spiro atoms. The standard InChI is InChI=1S/C22H17N3O2S/c1-27-19-7-5-15(6-8-19)21(26)24-18-4-2-3-17(13-18)20-14-28-22(25-20)16-9-11-23-12-10-16/h2-14H,1H3,(H,24,26). The van der Waals surface area contributed by atoms with Crippen LogP contribution in [0.4, 0.5) is 5.69 Å². The molecule has 1 amide bonds. The highest BCUT2D eigenvalue weighted by Gasteiger charge is 2.10. The predicted octanol–water partition coefficient (Wildman–Crippen LogP) is 5.13. The van der Waals surface area contributed by atoms with Gasteiger partial charge in [-0.2, -0.15) is 0 Å². The van der Waals surface area contributed by atoms with E-state index in [4.69, 9.17) is 9.72 Å². The van der Waals surface area contributed by atoms with Crippen LogP contribution in [0.1, 0.15) is 10.4 Å². The van der Waals surface area contributed by atoms with Crippen LogP contribution in [0.5, 0.6) is 5.75 Å². The third-order valence-electron chi connectivity index (χ3n) is 4.20. The normalized spacial score (nSPS) is 10.5. The summed E-state index contributed by atoms with van der Waals surface area (Å²) in [4.78, 5) is 21.2. The molecule has 28 heavy (non-hydrogen) atoms. The molecular formula is C22H17N3O2S. The number of thiazole rings is 1. The lowest BCUT2D eigenvalue weighted by Gasteiger charge is -2.07. The number of benzene rings is 2. The first-order valence-electron chi connectivity index (χ1n) is 8.65. The van der Waals surface area contributed by atoms with E-state index in [1.807, 2.05) is 41.8 Å². The van der Waals surface area contributed by atoms with Gasteiger partial charge in [-0.1, -0.05) is 12.1 Å². The maximum absolute atomic E-state index is 12.5. The van der Waals surface area contributed by atoms with Gasteiger partial charge in [-0.25, -0.2) is 4.98 Å². The molecule has 4 rings (SSSR count). The molecule has 0 radical (unpaired) electrons. The van der Waals surface area contributed by atoms with Crippen LogP contribution in [-0.4, -0.2) is 23.0 Å². The topological polar surface area (TPSA) is 64.1 Å². The maximum atomic E-state index is 12.5. The molecule has 2 aromatic heterocycles. The molecular weight excluding hydrogens is 370 g/mol. The van der Waals surface area contributed by atoms with Gasteiger partial charge in [0.1, 0.15) is 10.8 Å². The van der Waals surface area contributed by atoms with Crippen molar-refractivity contribution in [3.63, 3.8) is 0 Å². The van der Waals surface area contributed by atoms with Crippen molar-refractivity contribution in [2.75, 3.05) is 12.4 Å². The van der Waals surface area contributed by atoms with Crippen molar-refractivity contribution in [3.8, 4) is 27.6 Å². The molecule has 2 heterocycles. The molecule has 0 aliphatic heterocycles. The smallest absolute Gasteiger partial charge is 0.255 e. The third-order valence-corrected chi connectivity index (χ3v) is 5.09. The van der Waals surface area contributed by atoms with Crippen LogP contribution in [0.25, 0.3) is 21.8 Å². The van der Waals surface area contributed by atoms with Gasteiger partial charge in [0, 0.05) is 40.2 Å². The fourth-order valence-corrected chi connectivity index (χ4v) is 3.57. The molecule has 0 aliphatic carbocycles. The van der Waals surface area contributed by atoms with E-state index in [0.29, 0.717) is 11.3 Å². The number of aromatic nitrogens is 2. The monoisotopic (exact) mass is 387 g/mol. The zero-order valence-electron chi connectivity index (χ0n) is 15.1. The Balaban J connectivity index is 1.53. The summed E-state index contributed by atoms with van der Waals surface area (Å²) in [5, 5.41) is 5.88. The quantitative estimate of drug-likeness (QED) is 0.515. The van der Waals surface area contributed by atoms with Gasteiger partial charge in [0.25, 0.3) is 5.91 Å². The Kier molecular flexibility index (Phi) is 5.12. The summed E-state index contributed by atoms with van der Waals surface area (Å²) in [6, 6.07) is 18.6. The zero-order valence-corrected chi connectivity index (χ0v) is 15.9. The SMILES string of the molecule is COc1ccc(C(=O)Nc2cccc(-c3csc(-c4ccncc4)n3)c2)cc1. The minimum atomic E-state index is -0.171. The Morgan fingerprint density at radius 2 is 1.79 bits per heavy atom. The molecule has 4 aromatic rings. The van der Waals surface area contributed by atoms with Crippen LogP contribution < -0.4 is 10.1 Å². The van der Waals surface area contributed by atoms with Crippen molar-refractivity contribution < 1.29 is 9.53 Å². The van der Waals surface area contributed by atoms with Crippen molar-refractivity contribution in [2.45, 2.75) is 0 Å². The number of ether oxygens (including phenoxy) is 1. The van der Waals surface area contributed by atoms with E-state index in [9.17, 15) is 4.79 Å². The number of nitrogens with one attached hydrogen (secondary N) is 1. The van der Waals surface area contributed by atoms with Crippen LogP contribution >= 0.6 is 11.3 Å². The van der Waals surface area contributed by atoms with Crippen molar-refractivity contribution in [3.05, 3.63) is 84.0 Å². The molecule has 0 saturated carbocycles. The van der Waals surface area contributed by atoms with Crippen molar-refractivity contribution >= 4 is 22.9 Å². The number of hydrogen-bond donors (Lipinski definition) is 1. The van der Waals surface area contributed by atoms with Gasteiger partial charge < -0.3 is 10.1 Å². The largest absolute Gasteiger partial charge is 0.497 e. The van der Waals surface area contributed by atoms with Gasteiger partial charge in [-0.3, -0.25) is 9.78 Å². The molecule has 2 aromatic carbocycles. The lowest BCUT2D eigenvalue weighted by molar-refractivity contribution is 0.102. The predicted molar refractivity (Wildman–Crippen MR) is 112 cm³/mol. The average molecular weight is 387 g/mol. The fourth-order valence-electron chi connectivity index (χ4n) is 2.74. The van der Waals surface area contributed by atoms with Crippen LogP contribution in [0, 0.1) is 0 Å². The Bertz CT molecular complexity index is 1090. The van der Waals surface area contributed by atoms with E-state index in [-0.39, 0.29) is 5.91 Å². The van der Waals surface area contributed by atoms with E-state index >= 15 is 0 Å². The van der Waals surface area contributed by atoms with E-state index in [0.717, 1.165) is 27.5 Å². The second kappa shape index (κ2) is 8.02. The molecule has 0 aliphatic rings. The minimum Gasteiger partial charge on any atom is -0.497 e. The number of nitrogens with zero attached hydrogens (tertiary/aromatic N) is 2. The first-order chi connectivity index (χ1) is 13.7. The zero-order chi connectivity index (χ0) is 19.3. The van der Waals surface area contributed by atoms with Gasteiger partial charge in [-0.15, -0.1) is 11.3 Å². The van der Waals surface area contributed by atoms with Crippen LogP contribution in [0.3, 0.4) is 0 Å². The molecule has 0 atom stereocenters. The fraction of sp³-hybridized carbons (Fsp3) is 0.0455. The number of rotatable bonds is 5. The molecule has 0 fully saturated rings. The van der Waals surface area contributed by atoms with Crippen LogP contribution in [0.15, 0.2) is 78.4 Å². The van der Waals surface area contributed by atoms with E-state index in [1.54, 1.807) is 55.1 Å². The summed E-state index contributed by atoms with van der Waals surface area (Å²) >= 11 is 1.58. The molecule has 6 heteroatoms. The van der Waals surface area contributed by atoms with E-state index in [2.05, 4.69) is 10.3 Å². The number of hydrogen-bond acceptors (Lipinski definition) is 5. The highest BCUT2D eigenvalue weighted by atomic mass is 32.1. The molecule has 0 bridgehead atoms. The summed E-state index contributed by atoms with van der Waals surface area (Å²) in [6.45, 7) is 0. The Hall–Kier alpha value is -3.51. The first-order valence-corrected chi connectivity index (χ1v) is 9.53. The Labute approximate surface area is 166 Å². The highest BCUT2D eigenvalue weighted by molar-refractivity contribution is 7.13. The molecule has 138 valence electrons. The molecule has 1 N–H and O–H groups in total. The number of carbonyl (C=O) groups excluding carboxylic acids is 1. The lowest BCUT2D eigenvalue weighted by Crippen LogP contribution is -2.11. The first kappa shape index (κ1) is 17.9. The van der Waals surface area contributed by atoms with Crippen molar-refractivity contribution in [1.29, 1.82) is 0 Å². The Morgan fingerprint density at radius 3 is 2.54 bits per heavy atom. The highest BCUT2D eigenvalue weighted by Crippen LogP contribution is 2.29. The molecule has 0 unspecified atom stereocenters. The van der Waals surface area contributed by atoms with Gasteiger partial charge in [0.15, 0.2) is 0 Å². The van der Waals surface area contributed by atoms with Gasteiger partial charge in [0.2, 0.25) is 0 Å². The van der Waals surface area contributed by atoms with Crippen molar-refractivity contribution in [2.24, 2.45) is 0 Å².